The third-order valence-corrected chi connectivity index (χ3v) is 19.2. The molecule has 9 nitrogen and oxygen atoms in total. The van der Waals surface area contributed by atoms with Gasteiger partial charge in [0.25, 0.3) is 0 Å². The maximum absolute atomic E-state index is 13.0. The van der Waals surface area contributed by atoms with Crippen molar-refractivity contribution in [3.05, 3.63) is 60.8 Å². The summed E-state index contributed by atoms with van der Waals surface area (Å²) in [5.41, 5.74) is 0. The van der Waals surface area contributed by atoms with Crippen molar-refractivity contribution < 1.29 is 42.9 Å². The van der Waals surface area contributed by atoms with Crippen LogP contribution in [0.15, 0.2) is 60.8 Å². The van der Waals surface area contributed by atoms with Gasteiger partial charge in [0.1, 0.15) is 13.2 Å². The van der Waals surface area contributed by atoms with Gasteiger partial charge in [0.2, 0.25) is 0 Å². The summed E-state index contributed by atoms with van der Waals surface area (Å²) < 4.78 is 22.9. The van der Waals surface area contributed by atoms with Crippen LogP contribution in [0.4, 0.5) is 0 Å². The first-order valence-corrected chi connectivity index (χ1v) is 42.4. The maximum Gasteiger partial charge on any atom is 0.306 e. The lowest BCUT2D eigenvalue weighted by Gasteiger charge is -2.26. The van der Waals surface area contributed by atoms with Gasteiger partial charge in [-0.05, 0) is 77.0 Å². The predicted octanol–water partition coefficient (Wildman–Crippen LogP) is 26.0. The number of likely N-dealkylation sites (N-methyl/N-ethyl adjacent to an activating group) is 1. The van der Waals surface area contributed by atoms with E-state index in [2.05, 4.69) is 74.6 Å². The Bertz CT molecular complexity index is 1780. The molecule has 0 aliphatic heterocycles. The summed E-state index contributed by atoms with van der Waals surface area (Å²) in [5.74, 6) is -2.25. The summed E-state index contributed by atoms with van der Waals surface area (Å²) in [7, 11) is 5.95. The molecular formula is C88H163NO8. The number of rotatable bonds is 80. The van der Waals surface area contributed by atoms with Gasteiger partial charge in [0.15, 0.2) is 12.4 Å². The van der Waals surface area contributed by atoms with E-state index in [9.17, 15) is 19.5 Å². The summed E-state index contributed by atoms with van der Waals surface area (Å²) in [6, 6.07) is 0. The van der Waals surface area contributed by atoms with Crippen molar-refractivity contribution in [2.75, 3.05) is 47.5 Å². The Balaban J connectivity index is 3.91. The Hall–Kier alpha value is -3.01. The zero-order valence-corrected chi connectivity index (χ0v) is 65.2. The molecule has 0 aromatic heterocycles. The van der Waals surface area contributed by atoms with Crippen LogP contribution in [-0.4, -0.2) is 82.3 Å². The van der Waals surface area contributed by atoms with E-state index in [1.807, 2.05) is 21.1 Å². The Morgan fingerprint density at radius 1 is 0.320 bits per heavy atom. The lowest BCUT2D eigenvalue weighted by atomic mass is 10.0. The molecule has 568 valence electrons. The van der Waals surface area contributed by atoms with Crippen molar-refractivity contribution in [2.24, 2.45) is 0 Å². The lowest BCUT2D eigenvalue weighted by molar-refractivity contribution is -0.870. The molecule has 0 fully saturated rings. The highest BCUT2D eigenvalue weighted by molar-refractivity contribution is 5.70. The highest BCUT2D eigenvalue weighted by atomic mass is 16.7. The molecule has 0 aliphatic carbocycles. The Labute approximate surface area is 603 Å². The van der Waals surface area contributed by atoms with Crippen LogP contribution in [0, 0.1) is 0 Å². The molecule has 2 unspecified atom stereocenters. The van der Waals surface area contributed by atoms with Crippen LogP contribution in [0.5, 0.6) is 0 Å². The molecule has 0 saturated carbocycles. The van der Waals surface area contributed by atoms with Crippen molar-refractivity contribution in [3.63, 3.8) is 0 Å². The van der Waals surface area contributed by atoms with E-state index in [4.69, 9.17) is 18.9 Å². The molecular weight excluding hydrogens is 1200 g/mol. The highest BCUT2D eigenvalue weighted by Crippen LogP contribution is 2.20. The van der Waals surface area contributed by atoms with Crippen molar-refractivity contribution in [2.45, 2.75) is 437 Å². The Morgan fingerprint density at radius 2 is 0.588 bits per heavy atom. The van der Waals surface area contributed by atoms with Gasteiger partial charge in [-0.25, -0.2) is 0 Å². The number of esters is 2. The van der Waals surface area contributed by atoms with Crippen LogP contribution in [0.3, 0.4) is 0 Å². The van der Waals surface area contributed by atoms with Crippen molar-refractivity contribution in [3.8, 4) is 0 Å². The molecule has 0 N–H and O–H groups in total. The highest BCUT2D eigenvalue weighted by Gasteiger charge is 2.22. The monoisotopic (exact) mass is 1360 g/mol. The van der Waals surface area contributed by atoms with E-state index in [1.165, 1.54) is 334 Å². The fraction of sp³-hybridized carbons (Fsp3) is 0.852. The largest absolute Gasteiger partial charge is 0.545 e. The molecule has 2 atom stereocenters. The van der Waals surface area contributed by atoms with Gasteiger partial charge < -0.3 is 33.3 Å². The summed E-state index contributed by atoms with van der Waals surface area (Å²) >= 11 is 0. The third kappa shape index (κ3) is 80.2. The van der Waals surface area contributed by atoms with E-state index in [-0.39, 0.29) is 32.2 Å². The number of hydrogen-bond donors (Lipinski definition) is 0. The lowest BCUT2D eigenvalue weighted by Crippen LogP contribution is -2.44. The number of carboxylic acid groups (broad SMARTS) is 1. The number of unbranched alkanes of at least 4 members (excludes halogenated alkanes) is 55. The fourth-order valence-electron chi connectivity index (χ4n) is 12.8. The number of carbonyl (C=O) groups excluding carboxylic acids is 3. The molecule has 0 aromatic carbocycles. The maximum atomic E-state index is 13.0. The minimum absolute atomic E-state index is 0.150. The van der Waals surface area contributed by atoms with E-state index < -0.39 is 24.3 Å². The topological polar surface area (TPSA) is 111 Å². The number of nitrogens with zero attached hydrogens (tertiary/aromatic N) is 1. The number of carbonyl (C=O) groups is 3. The molecule has 9 heteroatoms. The second-order valence-corrected chi connectivity index (χ2v) is 30.1. The van der Waals surface area contributed by atoms with Crippen LogP contribution >= 0.6 is 0 Å². The average Bonchev–Trinajstić information content (AvgIpc) is 2.39. The number of ether oxygens (including phenoxy) is 4. The van der Waals surface area contributed by atoms with Crippen molar-refractivity contribution in [1.29, 1.82) is 0 Å². The second kappa shape index (κ2) is 78.7. The SMILES string of the molecule is CC/C=C\C/C=C\C/C=C\C/C=C\CCCCCCCCCCCCCCCCCCCCC(=O)OC(COC(=O)CCCCCCCCCCCCCCCCCCCCCCCCCCCCCCC/C=C\CCCCCCCCCC)COC(OCC[N+](C)(C)C)C(=O)[O-]. The van der Waals surface area contributed by atoms with Gasteiger partial charge in [0, 0.05) is 12.8 Å². The number of aliphatic carboxylic acids is 1. The molecule has 0 rings (SSSR count). The van der Waals surface area contributed by atoms with Crippen molar-refractivity contribution >= 4 is 17.9 Å². The van der Waals surface area contributed by atoms with Crippen LogP contribution < -0.4 is 5.11 Å². The molecule has 0 amide bonds. The molecule has 0 bridgehead atoms. The number of allylic oxidation sites excluding steroid dienone is 10. The average molecular weight is 1360 g/mol. The normalized spacial score (nSPS) is 12.9. The zero-order valence-electron chi connectivity index (χ0n) is 65.2. The molecule has 0 radical (unpaired) electrons. The quantitative estimate of drug-likeness (QED) is 0.0195. The van der Waals surface area contributed by atoms with Gasteiger partial charge in [-0.1, -0.05) is 396 Å². The minimum Gasteiger partial charge on any atom is -0.545 e. The number of hydrogen-bond acceptors (Lipinski definition) is 8. The first-order valence-electron chi connectivity index (χ1n) is 42.4. The first kappa shape index (κ1) is 94.0. The molecule has 0 spiro atoms. The zero-order chi connectivity index (χ0) is 70.4. The summed E-state index contributed by atoms with van der Waals surface area (Å²) in [6.45, 7) is 4.71. The predicted molar refractivity (Wildman–Crippen MR) is 417 cm³/mol. The van der Waals surface area contributed by atoms with E-state index in [0.29, 0.717) is 23.9 Å². The van der Waals surface area contributed by atoms with Gasteiger partial charge in [-0.15, -0.1) is 0 Å². The number of quaternary nitrogens is 1. The first-order chi connectivity index (χ1) is 47.6. The molecule has 0 saturated heterocycles. The van der Waals surface area contributed by atoms with Crippen molar-refractivity contribution in [1.82, 2.24) is 0 Å². The van der Waals surface area contributed by atoms with Gasteiger partial charge in [-0.3, -0.25) is 9.59 Å². The second-order valence-electron chi connectivity index (χ2n) is 30.1. The van der Waals surface area contributed by atoms with E-state index in [0.717, 1.165) is 57.8 Å². The van der Waals surface area contributed by atoms with Crippen LogP contribution in [-0.2, 0) is 33.3 Å². The standard InChI is InChI=1S/C88H163NO8/c1-6-8-10-12-14-16-18-20-22-24-26-28-30-32-34-36-38-39-40-41-42-43-44-45-46-47-49-50-52-54-56-58-60-62-64-66-68-70-72-74-76-78-85(90)95-82-84(83-96-88(87(92)93)94-81-80-89(3,4)5)97-86(91)79-77-75-73-71-69-67-65-63-61-59-57-55-53-51-48-37-35-33-31-29-27-25-23-21-19-17-15-13-11-9-7-2/h9,11,15,17,21,23-24,26-27,29,84,88H,6-8,10,12-14,16,18-20,22,25,28,30-83H2,1-5H3/b11-9-,17-15-,23-21-,26-24-,29-27-. The Morgan fingerprint density at radius 3 is 0.887 bits per heavy atom. The smallest absolute Gasteiger partial charge is 0.306 e. The number of carboxylic acids is 1. The van der Waals surface area contributed by atoms with Crippen LogP contribution in [0.25, 0.3) is 0 Å². The summed E-state index contributed by atoms with van der Waals surface area (Å²) in [5, 5.41) is 11.9. The van der Waals surface area contributed by atoms with E-state index in [1.54, 1.807) is 0 Å². The molecule has 0 aromatic rings. The third-order valence-electron chi connectivity index (χ3n) is 19.2. The summed E-state index contributed by atoms with van der Waals surface area (Å²) in [4.78, 5) is 37.6. The van der Waals surface area contributed by atoms with Gasteiger partial charge in [0.05, 0.1) is 40.3 Å². The van der Waals surface area contributed by atoms with Gasteiger partial charge in [-0.2, -0.15) is 0 Å². The van der Waals surface area contributed by atoms with Gasteiger partial charge >= 0.3 is 11.9 Å². The molecule has 0 aliphatic rings. The summed E-state index contributed by atoms with van der Waals surface area (Å²) in [6.07, 6.45) is 102. The Kier molecular flexibility index (Phi) is 76.3. The molecule has 97 heavy (non-hydrogen) atoms. The molecule has 0 heterocycles. The van der Waals surface area contributed by atoms with Crippen LogP contribution in [0.2, 0.25) is 0 Å². The van der Waals surface area contributed by atoms with E-state index >= 15 is 0 Å². The minimum atomic E-state index is -1.62. The van der Waals surface area contributed by atoms with Crippen LogP contribution in [0.1, 0.15) is 425 Å². The fourth-order valence-corrected chi connectivity index (χ4v) is 12.8.